The van der Waals surface area contributed by atoms with Crippen LogP contribution in [0.1, 0.15) is 15.9 Å². The van der Waals surface area contributed by atoms with Gasteiger partial charge in [0, 0.05) is 5.56 Å². The summed E-state index contributed by atoms with van der Waals surface area (Å²) in [5.74, 6) is 1.56. The molecule has 0 heterocycles. The van der Waals surface area contributed by atoms with Crippen LogP contribution in [0.15, 0.2) is 41.5 Å². The molecule has 0 aliphatic carbocycles. The molecule has 25 heavy (non-hydrogen) atoms. The summed E-state index contributed by atoms with van der Waals surface area (Å²) in [6, 6.07) is 10.4. The van der Waals surface area contributed by atoms with Crippen LogP contribution in [-0.4, -0.2) is 40.6 Å². The van der Waals surface area contributed by atoms with Crippen molar-refractivity contribution in [2.24, 2.45) is 5.10 Å². The van der Waals surface area contributed by atoms with Crippen molar-refractivity contribution < 1.29 is 23.7 Å². The normalized spacial score (nSPS) is 10.4. The van der Waals surface area contributed by atoms with Crippen LogP contribution in [0.4, 0.5) is 0 Å². The molecule has 7 nitrogen and oxygen atoms in total. The molecule has 0 fully saturated rings. The van der Waals surface area contributed by atoms with Gasteiger partial charge >= 0.3 is 0 Å². The Balaban J connectivity index is 2.13. The van der Waals surface area contributed by atoms with E-state index in [-0.39, 0.29) is 0 Å². The molecule has 2 aromatic carbocycles. The number of methoxy groups -OCH3 is 4. The molecule has 2 rings (SSSR count). The summed E-state index contributed by atoms with van der Waals surface area (Å²) in [5.41, 5.74) is 3.62. The smallest absolute Gasteiger partial charge is 0.271 e. The van der Waals surface area contributed by atoms with Crippen LogP contribution in [0.2, 0.25) is 0 Å². The maximum atomic E-state index is 12.3. The number of carbonyl (C=O) groups excluding carboxylic acids is 1. The lowest BCUT2D eigenvalue weighted by atomic mass is 10.1. The number of hydrogen-bond acceptors (Lipinski definition) is 6. The fraction of sp³-hybridized carbons (Fsp3) is 0.222. The Morgan fingerprint density at radius 1 is 0.920 bits per heavy atom. The number of benzene rings is 2. The minimum absolute atomic E-state index is 0.335. The van der Waals surface area contributed by atoms with Gasteiger partial charge in [-0.05, 0) is 42.0 Å². The first-order valence-corrected chi connectivity index (χ1v) is 7.40. The lowest BCUT2D eigenvalue weighted by Gasteiger charge is -2.13. The molecule has 0 spiro atoms. The molecule has 0 saturated heterocycles. The number of ether oxygens (including phenoxy) is 4. The van der Waals surface area contributed by atoms with Gasteiger partial charge in [-0.15, -0.1) is 0 Å². The van der Waals surface area contributed by atoms with Gasteiger partial charge in [-0.25, -0.2) is 5.43 Å². The van der Waals surface area contributed by atoms with Crippen LogP contribution < -0.4 is 24.4 Å². The van der Waals surface area contributed by atoms with E-state index in [1.54, 1.807) is 19.2 Å². The summed E-state index contributed by atoms with van der Waals surface area (Å²) < 4.78 is 20.8. The Labute approximate surface area is 146 Å². The van der Waals surface area contributed by atoms with Crippen molar-refractivity contribution in [1.82, 2.24) is 5.43 Å². The molecule has 0 bridgehead atoms. The average Bonchev–Trinajstić information content (AvgIpc) is 2.67. The molecule has 0 aliphatic heterocycles. The van der Waals surface area contributed by atoms with Gasteiger partial charge in [0.25, 0.3) is 5.91 Å². The van der Waals surface area contributed by atoms with Gasteiger partial charge in [0.05, 0.1) is 34.7 Å². The summed E-state index contributed by atoms with van der Waals surface area (Å²) in [6.07, 6.45) is 1.54. The van der Waals surface area contributed by atoms with Crippen molar-refractivity contribution in [1.29, 1.82) is 0 Å². The van der Waals surface area contributed by atoms with Gasteiger partial charge in [-0.1, -0.05) is 0 Å². The van der Waals surface area contributed by atoms with Gasteiger partial charge in [-0.2, -0.15) is 5.10 Å². The topological polar surface area (TPSA) is 78.4 Å². The summed E-state index contributed by atoms with van der Waals surface area (Å²) in [6.45, 7) is 0. The minimum Gasteiger partial charge on any atom is -0.497 e. The van der Waals surface area contributed by atoms with Gasteiger partial charge in [-0.3, -0.25) is 4.79 Å². The third-order valence-corrected chi connectivity index (χ3v) is 3.42. The van der Waals surface area contributed by atoms with Crippen molar-refractivity contribution >= 4 is 12.1 Å². The summed E-state index contributed by atoms with van der Waals surface area (Å²) >= 11 is 0. The Kier molecular flexibility index (Phi) is 6.22. The number of hydrogen-bond donors (Lipinski definition) is 1. The maximum Gasteiger partial charge on any atom is 0.271 e. The van der Waals surface area contributed by atoms with Crippen LogP contribution in [-0.2, 0) is 0 Å². The van der Waals surface area contributed by atoms with E-state index in [4.69, 9.17) is 18.9 Å². The standard InChI is InChI=1S/C18H20N2O5/c1-22-14-7-5-12(6-8-14)11-19-20-18(21)13-9-15(23-2)17(25-4)16(10-13)24-3/h5-11H,1-4H3,(H,20,21). The highest BCUT2D eigenvalue weighted by atomic mass is 16.5. The van der Waals surface area contributed by atoms with Gasteiger partial charge in [0.15, 0.2) is 11.5 Å². The summed E-state index contributed by atoms with van der Waals surface area (Å²) in [5, 5.41) is 3.95. The number of rotatable bonds is 7. The molecule has 1 N–H and O–H groups in total. The Hall–Kier alpha value is -3.22. The molecular weight excluding hydrogens is 324 g/mol. The van der Waals surface area contributed by atoms with E-state index in [1.807, 2.05) is 24.3 Å². The predicted octanol–water partition coefficient (Wildman–Crippen LogP) is 2.48. The first kappa shape index (κ1) is 18.1. The lowest BCUT2D eigenvalue weighted by Crippen LogP contribution is -2.18. The summed E-state index contributed by atoms with van der Waals surface area (Å²) in [7, 11) is 6.07. The van der Waals surface area contributed by atoms with Crippen molar-refractivity contribution in [3.8, 4) is 23.0 Å². The zero-order valence-electron chi connectivity index (χ0n) is 14.5. The SMILES string of the molecule is COc1ccc(C=NNC(=O)c2cc(OC)c(OC)c(OC)c2)cc1. The van der Waals surface area contributed by atoms with Crippen LogP contribution in [0.3, 0.4) is 0 Å². The van der Waals surface area contributed by atoms with E-state index in [1.165, 1.54) is 27.5 Å². The Morgan fingerprint density at radius 3 is 2.00 bits per heavy atom. The van der Waals surface area contributed by atoms with Crippen LogP contribution in [0.25, 0.3) is 0 Å². The second kappa shape index (κ2) is 8.58. The molecule has 0 aliphatic rings. The maximum absolute atomic E-state index is 12.3. The van der Waals surface area contributed by atoms with Crippen molar-refractivity contribution in [2.75, 3.05) is 28.4 Å². The molecule has 0 unspecified atom stereocenters. The predicted molar refractivity (Wildman–Crippen MR) is 94.2 cm³/mol. The molecular formula is C18H20N2O5. The zero-order chi connectivity index (χ0) is 18.2. The average molecular weight is 344 g/mol. The minimum atomic E-state index is -0.399. The molecule has 0 aromatic heterocycles. The van der Waals surface area contributed by atoms with E-state index in [0.717, 1.165) is 11.3 Å². The third kappa shape index (κ3) is 4.41. The highest BCUT2D eigenvalue weighted by molar-refractivity contribution is 5.96. The second-order valence-corrected chi connectivity index (χ2v) is 4.89. The molecule has 0 saturated carbocycles. The molecule has 0 radical (unpaired) electrons. The number of nitrogens with one attached hydrogen (secondary N) is 1. The van der Waals surface area contributed by atoms with Gasteiger partial charge in [0.1, 0.15) is 5.75 Å². The number of nitrogens with zero attached hydrogens (tertiary/aromatic N) is 1. The molecule has 2 aromatic rings. The largest absolute Gasteiger partial charge is 0.497 e. The fourth-order valence-electron chi connectivity index (χ4n) is 2.13. The van der Waals surface area contributed by atoms with E-state index >= 15 is 0 Å². The Bertz CT molecular complexity index is 732. The number of carbonyl (C=O) groups is 1. The van der Waals surface area contributed by atoms with E-state index in [2.05, 4.69) is 10.5 Å². The zero-order valence-corrected chi connectivity index (χ0v) is 14.5. The van der Waals surface area contributed by atoms with E-state index in [9.17, 15) is 4.79 Å². The molecule has 0 atom stereocenters. The van der Waals surface area contributed by atoms with Crippen LogP contribution in [0, 0.1) is 0 Å². The van der Waals surface area contributed by atoms with Crippen molar-refractivity contribution in [3.63, 3.8) is 0 Å². The molecule has 132 valence electrons. The molecule has 1 amide bonds. The van der Waals surface area contributed by atoms with E-state index in [0.29, 0.717) is 22.8 Å². The highest BCUT2D eigenvalue weighted by Crippen LogP contribution is 2.38. The quantitative estimate of drug-likeness (QED) is 0.617. The third-order valence-electron chi connectivity index (χ3n) is 3.42. The summed E-state index contributed by atoms with van der Waals surface area (Å²) in [4.78, 5) is 12.3. The fourth-order valence-corrected chi connectivity index (χ4v) is 2.13. The van der Waals surface area contributed by atoms with Crippen molar-refractivity contribution in [2.45, 2.75) is 0 Å². The molecule has 7 heteroatoms. The number of hydrazone groups is 1. The monoisotopic (exact) mass is 344 g/mol. The van der Waals surface area contributed by atoms with Crippen LogP contribution in [0.5, 0.6) is 23.0 Å². The number of amides is 1. The Morgan fingerprint density at radius 2 is 1.52 bits per heavy atom. The van der Waals surface area contributed by atoms with Gasteiger partial charge < -0.3 is 18.9 Å². The van der Waals surface area contributed by atoms with Crippen molar-refractivity contribution in [3.05, 3.63) is 47.5 Å². The first-order valence-electron chi connectivity index (χ1n) is 7.40. The van der Waals surface area contributed by atoms with E-state index < -0.39 is 5.91 Å². The van der Waals surface area contributed by atoms with Crippen LogP contribution >= 0.6 is 0 Å². The first-order chi connectivity index (χ1) is 12.1. The lowest BCUT2D eigenvalue weighted by molar-refractivity contribution is 0.0954. The highest BCUT2D eigenvalue weighted by Gasteiger charge is 2.16. The van der Waals surface area contributed by atoms with Gasteiger partial charge in [0.2, 0.25) is 5.75 Å². The second-order valence-electron chi connectivity index (χ2n) is 4.89.